The van der Waals surface area contributed by atoms with Gasteiger partial charge in [-0.3, -0.25) is 4.79 Å². The van der Waals surface area contributed by atoms with Gasteiger partial charge < -0.3 is 5.32 Å². The van der Waals surface area contributed by atoms with Gasteiger partial charge in [0.15, 0.2) is 0 Å². The molecule has 1 amide bonds. The Kier molecular flexibility index (Phi) is 5.56. The molecule has 0 radical (unpaired) electrons. The predicted octanol–water partition coefficient (Wildman–Crippen LogP) is 3.45. The molecule has 1 atom stereocenters. The second-order valence-electron chi connectivity index (χ2n) is 5.07. The van der Waals surface area contributed by atoms with E-state index in [0.717, 1.165) is 10.0 Å². The highest BCUT2D eigenvalue weighted by molar-refractivity contribution is 9.10. The van der Waals surface area contributed by atoms with Crippen LogP contribution in [0, 0.1) is 0 Å². The minimum atomic E-state index is -3.65. The third kappa shape index (κ3) is 4.63. The molecule has 2 aromatic rings. The summed E-state index contributed by atoms with van der Waals surface area (Å²) in [5, 5.41) is 2.60. The van der Waals surface area contributed by atoms with Crippen LogP contribution in [0.2, 0.25) is 0 Å². The van der Waals surface area contributed by atoms with Crippen molar-refractivity contribution in [3.8, 4) is 0 Å². The molecule has 2 rings (SSSR count). The van der Waals surface area contributed by atoms with E-state index < -0.39 is 10.0 Å². The van der Waals surface area contributed by atoms with Crippen LogP contribution in [-0.4, -0.2) is 14.3 Å². The van der Waals surface area contributed by atoms with Gasteiger partial charge in [0.1, 0.15) is 0 Å². The van der Waals surface area contributed by atoms with Gasteiger partial charge in [0.25, 0.3) is 0 Å². The Morgan fingerprint density at radius 2 is 1.70 bits per heavy atom. The van der Waals surface area contributed by atoms with Gasteiger partial charge in [-0.2, -0.15) is 0 Å². The number of nitrogens with one attached hydrogen (secondary N) is 2. The summed E-state index contributed by atoms with van der Waals surface area (Å²) < 4.78 is 28.4. The molecule has 0 fully saturated rings. The van der Waals surface area contributed by atoms with E-state index in [1.165, 1.54) is 19.1 Å². The van der Waals surface area contributed by atoms with Crippen molar-refractivity contribution < 1.29 is 13.2 Å². The SMILES string of the molecule is CC(=O)Nc1ccc(S(=O)(=O)NC(C)c2ccccc2Br)cc1. The normalized spacial score (nSPS) is 12.7. The molecule has 0 spiro atoms. The molecule has 0 aliphatic carbocycles. The van der Waals surface area contributed by atoms with Crippen molar-refractivity contribution >= 4 is 37.5 Å². The molecule has 0 saturated heterocycles. The fourth-order valence-electron chi connectivity index (χ4n) is 2.11. The average Bonchev–Trinajstić information content (AvgIpc) is 2.47. The summed E-state index contributed by atoms with van der Waals surface area (Å²) in [6, 6.07) is 13.1. The summed E-state index contributed by atoms with van der Waals surface area (Å²) in [5.41, 5.74) is 1.40. The fourth-order valence-corrected chi connectivity index (χ4v) is 3.96. The van der Waals surface area contributed by atoms with E-state index in [0.29, 0.717) is 5.69 Å². The van der Waals surface area contributed by atoms with E-state index in [4.69, 9.17) is 0 Å². The van der Waals surface area contributed by atoms with Crippen LogP contribution in [0.5, 0.6) is 0 Å². The standard InChI is InChI=1S/C16H17BrN2O3S/c1-11(15-5-3-4-6-16(15)17)19-23(21,22)14-9-7-13(8-10-14)18-12(2)20/h3-11,19H,1-2H3,(H,18,20). The minimum absolute atomic E-state index is 0.144. The number of carbonyl (C=O) groups is 1. The summed E-state index contributed by atoms with van der Waals surface area (Å²) in [6.45, 7) is 3.18. The van der Waals surface area contributed by atoms with E-state index in [1.54, 1.807) is 19.1 Å². The van der Waals surface area contributed by atoms with Crippen molar-refractivity contribution in [2.45, 2.75) is 24.8 Å². The number of amides is 1. The van der Waals surface area contributed by atoms with Crippen molar-refractivity contribution in [3.05, 3.63) is 58.6 Å². The van der Waals surface area contributed by atoms with Crippen molar-refractivity contribution in [1.82, 2.24) is 4.72 Å². The van der Waals surface area contributed by atoms with Crippen molar-refractivity contribution in [3.63, 3.8) is 0 Å². The molecular formula is C16H17BrN2O3S. The van der Waals surface area contributed by atoms with Crippen LogP contribution in [0.15, 0.2) is 57.9 Å². The zero-order valence-electron chi connectivity index (χ0n) is 12.7. The molecule has 122 valence electrons. The van der Waals surface area contributed by atoms with Crippen LogP contribution in [0.3, 0.4) is 0 Å². The number of benzene rings is 2. The smallest absolute Gasteiger partial charge is 0.241 e. The van der Waals surface area contributed by atoms with Gasteiger partial charge in [0.05, 0.1) is 4.90 Å². The van der Waals surface area contributed by atoms with Crippen LogP contribution in [0.4, 0.5) is 5.69 Å². The lowest BCUT2D eigenvalue weighted by Gasteiger charge is -2.16. The number of sulfonamides is 1. The van der Waals surface area contributed by atoms with E-state index in [-0.39, 0.29) is 16.8 Å². The largest absolute Gasteiger partial charge is 0.326 e. The second-order valence-corrected chi connectivity index (χ2v) is 7.64. The quantitative estimate of drug-likeness (QED) is 0.812. The number of rotatable bonds is 5. The zero-order chi connectivity index (χ0) is 17.0. The molecule has 1 unspecified atom stereocenters. The lowest BCUT2D eigenvalue weighted by molar-refractivity contribution is -0.114. The Morgan fingerprint density at radius 3 is 2.26 bits per heavy atom. The average molecular weight is 397 g/mol. The number of carbonyl (C=O) groups excluding carboxylic acids is 1. The first-order valence-electron chi connectivity index (χ1n) is 6.94. The lowest BCUT2D eigenvalue weighted by atomic mass is 10.1. The van der Waals surface area contributed by atoms with Crippen molar-refractivity contribution in [1.29, 1.82) is 0 Å². The number of halogens is 1. The highest BCUT2D eigenvalue weighted by Crippen LogP contribution is 2.24. The van der Waals surface area contributed by atoms with Gasteiger partial charge >= 0.3 is 0 Å². The van der Waals surface area contributed by atoms with E-state index in [2.05, 4.69) is 26.0 Å². The molecule has 0 aliphatic heterocycles. The first kappa shape index (κ1) is 17.7. The van der Waals surface area contributed by atoms with Gasteiger partial charge in [0.2, 0.25) is 15.9 Å². The first-order valence-corrected chi connectivity index (χ1v) is 9.21. The fraction of sp³-hybridized carbons (Fsp3) is 0.188. The summed E-state index contributed by atoms with van der Waals surface area (Å²) in [5.74, 6) is -0.207. The molecule has 0 aliphatic rings. The lowest BCUT2D eigenvalue weighted by Crippen LogP contribution is -2.27. The maximum Gasteiger partial charge on any atom is 0.241 e. The molecule has 0 aromatic heterocycles. The maximum atomic E-state index is 12.4. The van der Waals surface area contributed by atoms with Gasteiger partial charge in [-0.05, 0) is 42.8 Å². The molecule has 2 aromatic carbocycles. The Bertz CT molecular complexity index is 804. The molecule has 0 saturated carbocycles. The predicted molar refractivity (Wildman–Crippen MR) is 93.6 cm³/mol. The molecule has 2 N–H and O–H groups in total. The topological polar surface area (TPSA) is 75.3 Å². The molecule has 0 heterocycles. The molecular weight excluding hydrogens is 380 g/mol. The third-order valence-electron chi connectivity index (χ3n) is 3.19. The minimum Gasteiger partial charge on any atom is -0.326 e. The zero-order valence-corrected chi connectivity index (χ0v) is 15.1. The molecule has 0 bridgehead atoms. The van der Waals surface area contributed by atoms with E-state index >= 15 is 0 Å². The van der Waals surface area contributed by atoms with Crippen LogP contribution in [0.25, 0.3) is 0 Å². The van der Waals surface area contributed by atoms with Gasteiger partial charge in [-0.1, -0.05) is 34.1 Å². The van der Waals surface area contributed by atoms with Gasteiger partial charge in [0, 0.05) is 23.1 Å². The van der Waals surface area contributed by atoms with Gasteiger partial charge in [-0.25, -0.2) is 13.1 Å². The van der Waals surface area contributed by atoms with Crippen LogP contribution in [0.1, 0.15) is 25.5 Å². The summed E-state index contributed by atoms with van der Waals surface area (Å²) in [7, 11) is -3.65. The Labute approximate surface area is 144 Å². The Hall–Kier alpha value is -1.70. The number of anilines is 1. The molecule has 23 heavy (non-hydrogen) atoms. The van der Waals surface area contributed by atoms with Crippen molar-refractivity contribution in [2.75, 3.05) is 5.32 Å². The number of hydrogen-bond acceptors (Lipinski definition) is 3. The van der Waals surface area contributed by atoms with Crippen LogP contribution in [-0.2, 0) is 14.8 Å². The highest BCUT2D eigenvalue weighted by Gasteiger charge is 2.19. The Balaban J connectivity index is 2.18. The molecule has 7 heteroatoms. The van der Waals surface area contributed by atoms with E-state index in [1.807, 2.05) is 24.3 Å². The third-order valence-corrected chi connectivity index (χ3v) is 5.47. The van der Waals surface area contributed by atoms with Gasteiger partial charge in [-0.15, -0.1) is 0 Å². The summed E-state index contributed by atoms with van der Waals surface area (Å²) >= 11 is 3.42. The maximum absolute atomic E-state index is 12.4. The summed E-state index contributed by atoms with van der Waals surface area (Å²) in [4.78, 5) is 11.1. The van der Waals surface area contributed by atoms with Crippen molar-refractivity contribution in [2.24, 2.45) is 0 Å². The summed E-state index contributed by atoms with van der Waals surface area (Å²) in [6.07, 6.45) is 0. The monoisotopic (exact) mass is 396 g/mol. The first-order chi connectivity index (χ1) is 10.8. The molecule has 5 nitrogen and oxygen atoms in total. The second kappa shape index (κ2) is 7.25. The van der Waals surface area contributed by atoms with Crippen LogP contribution < -0.4 is 10.0 Å². The number of hydrogen-bond donors (Lipinski definition) is 2. The highest BCUT2D eigenvalue weighted by atomic mass is 79.9. The van der Waals surface area contributed by atoms with E-state index in [9.17, 15) is 13.2 Å². The Morgan fingerprint density at radius 1 is 1.09 bits per heavy atom. The van der Waals surface area contributed by atoms with Crippen LogP contribution >= 0.6 is 15.9 Å².